The Kier molecular flexibility index (Phi) is 4.68. The Hall–Kier alpha value is -0.0500. The van der Waals surface area contributed by atoms with Gasteiger partial charge >= 0.3 is 0 Å². The van der Waals surface area contributed by atoms with Gasteiger partial charge in [0.15, 0.2) is 0 Å². The van der Waals surface area contributed by atoms with Crippen LogP contribution in [0.3, 0.4) is 0 Å². The van der Waals surface area contributed by atoms with Gasteiger partial charge in [0.2, 0.25) is 0 Å². The molecular formula is C13H20ClNS. The molecule has 1 nitrogen and oxygen atoms in total. The normalized spacial score (nSPS) is 25.9. The van der Waals surface area contributed by atoms with E-state index in [2.05, 4.69) is 18.3 Å². The van der Waals surface area contributed by atoms with Crippen molar-refractivity contribution in [2.24, 2.45) is 5.92 Å². The van der Waals surface area contributed by atoms with Gasteiger partial charge in [-0.3, -0.25) is 0 Å². The van der Waals surface area contributed by atoms with Crippen LogP contribution >= 0.6 is 22.9 Å². The second-order valence-electron chi connectivity index (χ2n) is 4.67. The second kappa shape index (κ2) is 6.04. The summed E-state index contributed by atoms with van der Waals surface area (Å²) in [6, 6.07) is 2.79. The summed E-state index contributed by atoms with van der Waals surface area (Å²) in [7, 11) is 0. The monoisotopic (exact) mass is 257 g/mol. The fourth-order valence-electron chi connectivity index (χ4n) is 2.64. The van der Waals surface area contributed by atoms with Gasteiger partial charge in [0.1, 0.15) is 0 Å². The molecule has 3 heteroatoms. The lowest BCUT2D eigenvalue weighted by molar-refractivity contribution is 0.255. The molecule has 1 aromatic heterocycles. The van der Waals surface area contributed by atoms with E-state index in [1.807, 2.05) is 5.38 Å². The Morgan fingerprint density at radius 1 is 1.44 bits per heavy atom. The third-order valence-electron chi connectivity index (χ3n) is 3.59. The molecule has 1 saturated carbocycles. The lowest BCUT2D eigenvalue weighted by atomic mass is 9.83. The van der Waals surface area contributed by atoms with Gasteiger partial charge in [0, 0.05) is 22.8 Å². The average Bonchev–Trinajstić information content (AvgIpc) is 2.73. The van der Waals surface area contributed by atoms with Gasteiger partial charge < -0.3 is 5.32 Å². The van der Waals surface area contributed by atoms with Crippen molar-refractivity contribution in [2.75, 3.05) is 0 Å². The van der Waals surface area contributed by atoms with E-state index in [1.54, 1.807) is 11.3 Å². The summed E-state index contributed by atoms with van der Waals surface area (Å²) in [5.74, 6) is 0.879. The predicted octanol–water partition coefficient (Wildman–Crippen LogP) is 4.46. The molecular weight excluding hydrogens is 238 g/mol. The fraction of sp³-hybridized carbons (Fsp3) is 0.692. The molecule has 0 bridgehead atoms. The van der Waals surface area contributed by atoms with Crippen LogP contribution in [0.4, 0.5) is 0 Å². The number of hydrogen-bond donors (Lipinski definition) is 1. The molecule has 0 saturated heterocycles. The summed E-state index contributed by atoms with van der Waals surface area (Å²) in [6.07, 6.45) is 6.86. The number of hydrogen-bond acceptors (Lipinski definition) is 2. The van der Waals surface area contributed by atoms with Crippen LogP contribution in [0.5, 0.6) is 0 Å². The highest BCUT2D eigenvalue weighted by Crippen LogP contribution is 2.27. The van der Waals surface area contributed by atoms with Crippen molar-refractivity contribution in [3.05, 3.63) is 21.3 Å². The number of nitrogens with one attached hydrogen (secondary N) is 1. The Labute approximate surface area is 107 Å². The molecule has 90 valence electrons. The van der Waals surface area contributed by atoms with Gasteiger partial charge in [-0.05, 0) is 24.8 Å². The lowest BCUT2D eigenvalue weighted by Crippen LogP contribution is -2.37. The average molecular weight is 258 g/mol. The third kappa shape index (κ3) is 3.22. The van der Waals surface area contributed by atoms with E-state index in [9.17, 15) is 0 Å². The highest BCUT2D eigenvalue weighted by Gasteiger charge is 2.22. The van der Waals surface area contributed by atoms with Crippen LogP contribution in [0, 0.1) is 5.92 Å². The number of thiophene rings is 1. The van der Waals surface area contributed by atoms with E-state index in [-0.39, 0.29) is 0 Å². The van der Waals surface area contributed by atoms with Gasteiger partial charge in [-0.2, -0.15) is 0 Å². The maximum absolute atomic E-state index is 5.92. The molecule has 2 unspecified atom stereocenters. The molecule has 1 aromatic rings. The van der Waals surface area contributed by atoms with Crippen molar-refractivity contribution in [3.63, 3.8) is 0 Å². The Morgan fingerprint density at radius 3 is 2.94 bits per heavy atom. The first-order valence-corrected chi connectivity index (χ1v) is 7.51. The summed E-state index contributed by atoms with van der Waals surface area (Å²) >= 11 is 7.67. The fourth-order valence-corrected chi connectivity index (χ4v) is 3.67. The summed E-state index contributed by atoms with van der Waals surface area (Å²) in [5.41, 5.74) is 0. The largest absolute Gasteiger partial charge is 0.309 e. The molecule has 0 radical (unpaired) electrons. The molecule has 0 amide bonds. The molecule has 2 rings (SSSR count). The number of rotatable bonds is 4. The second-order valence-corrected chi connectivity index (χ2v) is 6.10. The molecule has 0 spiro atoms. The van der Waals surface area contributed by atoms with E-state index in [1.165, 1.54) is 37.0 Å². The minimum Gasteiger partial charge on any atom is -0.309 e. The van der Waals surface area contributed by atoms with Crippen LogP contribution in [0.25, 0.3) is 0 Å². The molecule has 1 aliphatic carbocycles. The molecule has 1 fully saturated rings. The van der Waals surface area contributed by atoms with E-state index in [0.29, 0.717) is 0 Å². The maximum Gasteiger partial charge on any atom is 0.0516 e. The Morgan fingerprint density at radius 2 is 2.25 bits per heavy atom. The highest BCUT2D eigenvalue weighted by molar-refractivity contribution is 7.10. The van der Waals surface area contributed by atoms with Crippen LogP contribution in [-0.4, -0.2) is 6.04 Å². The molecule has 1 heterocycles. The highest BCUT2D eigenvalue weighted by atomic mass is 35.5. The minimum absolute atomic E-state index is 0.722. The van der Waals surface area contributed by atoms with Crippen LogP contribution in [0.15, 0.2) is 11.4 Å². The molecule has 0 aliphatic heterocycles. The first-order chi connectivity index (χ1) is 7.79. The summed E-state index contributed by atoms with van der Waals surface area (Å²) in [5, 5.41) is 6.59. The zero-order valence-corrected chi connectivity index (χ0v) is 11.4. The van der Waals surface area contributed by atoms with Crippen molar-refractivity contribution < 1.29 is 0 Å². The van der Waals surface area contributed by atoms with Gasteiger partial charge in [-0.25, -0.2) is 0 Å². The number of halogens is 1. The van der Waals surface area contributed by atoms with Gasteiger partial charge in [-0.15, -0.1) is 11.3 Å². The minimum atomic E-state index is 0.722. The summed E-state index contributed by atoms with van der Waals surface area (Å²) in [4.78, 5) is 1.35. The topological polar surface area (TPSA) is 12.0 Å². The Bertz CT molecular complexity index is 323. The summed E-state index contributed by atoms with van der Waals surface area (Å²) in [6.45, 7) is 3.30. The van der Waals surface area contributed by atoms with Gasteiger partial charge in [0.05, 0.1) is 5.02 Å². The van der Waals surface area contributed by atoms with Crippen molar-refractivity contribution in [3.8, 4) is 0 Å². The van der Waals surface area contributed by atoms with Gasteiger partial charge in [0.25, 0.3) is 0 Å². The SMILES string of the molecule is CCC1CCCCC1NCc1cc(Cl)cs1. The standard InChI is InChI=1S/C13H20ClNS/c1-2-10-5-3-4-6-13(10)15-8-12-7-11(14)9-16-12/h7,9-10,13,15H,2-6,8H2,1H3. The van der Waals surface area contributed by atoms with Crippen molar-refractivity contribution >= 4 is 22.9 Å². The third-order valence-corrected chi connectivity index (χ3v) is 4.88. The quantitative estimate of drug-likeness (QED) is 0.840. The van der Waals surface area contributed by atoms with Crippen molar-refractivity contribution in [2.45, 2.75) is 51.6 Å². The van der Waals surface area contributed by atoms with Crippen LogP contribution in [0.2, 0.25) is 5.02 Å². The zero-order chi connectivity index (χ0) is 11.4. The lowest BCUT2D eigenvalue weighted by Gasteiger charge is -2.31. The molecule has 2 atom stereocenters. The summed E-state index contributed by atoms with van der Waals surface area (Å²) < 4.78 is 0. The zero-order valence-electron chi connectivity index (χ0n) is 9.84. The molecule has 16 heavy (non-hydrogen) atoms. The smallest absolute Gasteiger partial charge is 0.0516 e. The van der Waals surface area contributed by atoms with Crippen molar-refractivity contribution in [1.29, 1.82) is 0 Å². The van der Waals surface area contributed by atoms with Crippen LogP contribution < -0.4 is 5.32 Å². The molecule has 0 aromatic carbocycles. The Balaban J connectivity index is 1.84. The predicted molar refractivity (Wildman–Crippen MR) is 72.2 cm³/mol. The van der Waals surface area contributed by atoms with Crippen LogP contribution in [0.1, 0.15) is 43.9 Å². The van der Waals surface area contributed by atoms with Gasteiger partial charge in [-0.1, -0.05) is 37.8 Å². The van der Waals surface area contributed by atoms with E-state index in [0.717, 1.165) is 23.5 Å². The molecule has 1 aliphatic rings. The maximum atomic E-state index is 5.92. The first-order valence-electron chi connectivity index (χ1n) is 6.26. The van der Waals surface area contributed by atoms with Crippen LogP contribution in [-0.2, 0) is 6.54 Å². The first kappa shape index (κ1) is 12.4. The van der Waals surface area contributed by atoms with Crippen molar-refractivity contribution in [1.82, 2.24) is 5.32 Å². The van der Waals surface area contributed by atoms with E-state index in [4.69, 9.17) is 11.6 Å². The molecule has 1 N–H and O–H groups in total. The van der Waals surface area contributed by atoms with E-state index < -0.39 is 0 Å². The van der Waals surface area contributed by atoms with E-state index >= 15 is 0 Å².